The first-order valence-corrected chi connectivity index (χ1v) is 7.70. The van der Waals surface area contributed by atoms with Crippen LogP contribution in [0.4, 0.5) is 16.0 Å². The van der Waals surface area contributed by atoms with Gasteiger partial charge in [-0.3, -0.25) is 0 Å². The minimum absolute atomic E-state index is 0.273. The van der Waals surface area contributed by atoms with Gasteiger partial charge in [0.1, 0.15) is 5.82 Å². The zero-order chi connectivity index (χ0) is 14.1. The van der Waals surface area contributed by atoms with Crippen molar-refractivity contribution in [1.82, 2.24) is 9.55 Å². The molecule has 1 N–H and O–H groups in total. The van der Waals surface area contributed by atoms with Crippen molar-refractivity contribution in [3.05, 3.63) is 40.4 Å². The smallest absolute Gasteiger partial charge is 0.207 e. The molecule has 1 aromatic heterocycles. The van der Waals surface area contributed by atoms with Gasteiger partial charge in [-0.05, 0) is 53.9 Å². The first-order valence-electron chi connectivity index (χ1n) is 6.91. The molecule has 0 saturated heterocycles. The first-order chi connectivity index (χ1) is 9.63. The highest BCUT2D eigenvalue weighted by molar-refractivity contribution is 9.10. The van der Waals surface area contributed by atoms with Crippen molar-refractivity contribution in [1.29, 1.82) is 0 Å². The summed E-state index contributed by atoms with van der Waals surface area (Å²) in [6.45, 7) is 1.98. The summed E-state index contributed by atoms with van der Waals surface area (Å²) < 4.78 is 16.2. The molecule has 5 heteroatoms. The van der Waals surface area contributed by atoms with Gasteiger partial charge in [-0.15, -0.1) is 0 Å². The van der Waals surface area contributed by atoms with E-state index in [0.717, 1.165) is 17.3 Å². The van der Waals surface area contributed by atoms with Gasteiger partial charge in [0.05, 0.1) is 10.2 Å². The maximum Gasteiger partial charge on any atom is 0.207 e. The predicted octanol–water partition coefficient (Wildman–Crippen LogP) is 4.95. The van der Waals surface area contributed by atoms with Crippen molar-refractivity contribution in [3.63, 3.8) is 0 Å². The van der Waals surface area contributed by atoms with Crippen molar-refractivity contribution >= 4 is 27.6 Å². The Kier molecular flexibility index (Phi) is 3.78. The maximum atomic E-state index is 13.6. The molecule has 0 aliphatic heterocycles. The second-order valence-corrected chi connectivity index (χ2v) is 6.16. The molecular weight excluding hydrogens is 321 g/mol. The van der Waals surface area contributed by atoms with Crippen molar-refractivity contribution < 1.29 is 4.39 Å². The molecule has 20 heavy (non-hydrogen) atoms. The molecule has 2 aromatic rings. The van der Waals surface area contributed by atoms with Crippen molar-refractivity contribution in [2.24, 2.45) is 0 Å². The zero-order valence-electron chi connectivity index (χ0n) is 11.4. The van der Waals surface area contributed by atoms with Crippen molar-refractivity contribution in [2.75, 3.05) is 5.32 Å². The summed E-state index contributed by atoms with van der Waals surface area (Å²) in [5, 5.41) is 3.23. The molecule has 3 nitrogen and oxygen atoms in total. The fraction of sp³-hybridized carbons (Fsp3) is 0.400. The molecule has 0 radical (unpaired) electrons. The molecular formula is C15H17BrFN3. The van der Waals surface area contributed by atoms with E-state index in [1.54, 1.807) is 6.07 Å². The zero-order valence-corrected chi connectivity index (χ0v) is 13.0. The Labute approximate surface area is 126 Å². The van der Waals surface area contributed by atoms with Crippen LogP contribution in [-0.2, 0) is 0 Å². The summed E-state index contributed by atoms with van der Waals surface area (Å²) in [6, 6.07) is 5.54. The van der Waals surface area contributed by atoms with Crippen molar-refractivity contribution in [3.8, 4) is 0 Å². The highest BCUT2D eigenvalue weighted by Crippen LogP contribution is 2.33. The second kappa shape index (κ2) is 5.56. The van der Waals surface area contributed by atoms with E-state index in [1.807, 2.05) is 13.0 Å². The average molecular weight is 338 g/mol. The van der Waals surface area contributed by atoms with Crippen LogP contribution in [0.15, 0.2) is 28.9 Å². The fourth-order valence-electron chi connectivity index (χ4n) is 2.77. The van der Waals surface area contributed by atoms with Crippen LogP contribution in [0, 0.1) is 12.7 Å². The van der Waals surface area contributed by atoms with E-state index in [4.69, 9.17) is 0 Å². The summed E-state index contributed by atoms with van der Waals surface area (Å²) >= 11 is 3.16. The molecule has 1 aliphatic carbocycles. The number of benzene rings is 1. The van der Waals surface area contributed by atoms with Gasteiger partial charge in [0.15, 0.2) is 0 Å². The quantitative estimate of drug-likeness (QED) is 0.858. The number of anilines is 2. The molecule has 1 aromatic carbocycles. The summed E-state index contributed by atoms with van der Waals surface area (Å²) in [4.78, 5) is 4.52. The van der Waals surface area contributed by atoms with Crippen LogP contribution in [0.2, 0.25) is 0 Å². The Morgan fingerprint density at radius 3 is 2.80 bits per heavy atom. The lowest BCUT2D eigenvalue weighted by molar-refractivity contribution is 0.524. The van der Waals surface area contributed by atoms with E-state index >= 15 is 0 Å². The monoisotopic (exact) mass is 337 g/mol. The van der Waals surface area contributed by atoms with Crippen LogP contribution in [0.3, 0.4) is 0 Å². The van der Waals surface area contributed by atoms with E-state index < -0.39 is 0 Å². The molecule has 0 atom stereocenters. The van der Waals surface area contributed by atoms with Gasteiger partial charge in [0, 0.05) is 17.9 Å². The number of aromatic nitrogens is 2. The van der Waals surface area contributed by atoms with Crippen LogP contribution in [0.1, 0.15) is 37.4 Å². The van der Waals surface area contributed by atoms with Crippen LogP contribution < -0.4 is 5.32 Å². The Morgan fingerprint density at radius 2 is 2.10 bits per heavy atom. The number of aryl methyl sites for hydroxylation is 1. The highest BCUT2D eigenvalue weighted by Gasteiger charge is 2.20. The van der Waals surface area contributed by atoms with Gasteiger partial charge in [-0.2, -0.15) is 0 Å². The lowest BCUT2D eigenvalue weighted by Gasteiger charge is -2.15. The van der Waals surface area contributed by atoms with Crippen molar-refractivity contribution in [2.45, 2.75) is 38.6 Å². The Hall–Kier alpha value is -1.36. The molecule has 1 saturated carbocycles. The molecule has 0 amide bonds. The Balaban J connectivity index is 1.87. The van der Waals surface area contributed by atoms with Gasteiger partial charge in [-0.1, -0.05) is 12.8 Å². The normalized spacial score (nSPS) is 15.8. The number of imidazole rings is 1. The Bertz CT molecular complexity index is 618. The number of nitrogens with one attached hydrogen (secondary N) is 1. The maximum absolute atomic E-state index is 13.6. The van der Waals surface area contributed by atoms with Gasteiger partial charge in [0.25, 0.3) is 0 Å². The van der Waals surface area contributed by atoms with Gasteiger partial charge >= 0.3 is 0 Å². The lowest BCUT2D eigenvalue weighted by Crippen LogP contribution is -2.08. The second-order valence-electron chi connectivity index (χ2n) is 5.31. The first kappa shape index (κ1) is 13.6. The van der Waals surface area contributed by atoms with E-state index in [2.05, 4.69) is 37.0 Å². The SMILES string of the molecule is Cc1cn(C2CCCC2)c(Nc2ccc(Br)c(F)c2)n1. The number of nitrogens with zero attached hydrogens (tertiary/aromatic N) is 2. The molecule has 0 unspecified atom stereocenters. The predicted molar refractivity (Wildman–Crippen MR) is 81.9 cm³/mol. The third-order valence-electron chi connectivity index (χ3n) is 3.75. The minimum atomic E-state index is -0.273. The number of hydrogen-bond acceptors (Lipinski definition) is 2. The van der Waals surface area contributed by atoms with E-state index in [1.165, 1.54) is 31.7 Å². The summed E-state index contributed by atoms with van der Waals surface area (Å²) in [6.07, 6.45) is 7.01. The number of halogens is 2. The molecule has 0 spiro atoms. The third kappa shape index (κ3) is 2.73. The highest BCUT2D eigenvalue weighted by atomic mass is 79.9. The molecule has 3 rings (SSSR count). The van der Waals surface area contributed by atoms with Gasteiger partial charge in [-0.25, -0.2) is 9.37 Å². The minimum Gasteiger partial charge on any atom is -0.325 e. The standard InChI is InChI=1S/C15H17BrFN3/c1-10-9-20(12-4-2-3-5-12)15(18-10)19-11-6-7-13(16)14(17)8-11/h6-9,12H,2-5H2,1H3,(H,18,19). The molecule has 106 valence electrons. The summed E-state index contributed by atoms with van der Waals surface area (Å²) in [7, 11) is 0. The molecule has 1 heterocycles. The van der Waals surface area contributed by atoms with Gasteiger partial charge < -0.3 is 9.88 Å². The van der Waals surface area contributed by atoms with Crippen LogP contribution in [0.5, 0.6) is 0 Å². The molecule has 0 bridgehead atoms. The van der Waals surface area contributed by atoms with E-state index in [9.17, 15) is 4.39 Å². The third-order valence-corrected chi connectivity index (χ3v) is 4.39. The van der Waals surface area contributed by atoms with E-state index in [-0.39, 0.29) is 5.82 Å². The van der Waals surface area contributed by atoms with E-state index in [0.29, 0.717) is 10.5 Å². The lowest BCUT2D eigenvalue weighted by atomic mass is 10.2. The molecule has 1 fully saturated rings. The summed E-state index contributed by atoms with van der Waals surface area (Å²) in [5.41, 5.74) is 1.70. The Morgan fingerprint density at radius 1 is 1.35 bits per heavy atom. The fourth-order valence-corrected chi connectivity index (χ4v) is 3.02. The van der Waals surface area contributed by atoms with Crippen LogP contribution in [0.25, 0.3) is 0 Å². The summed E-state index contributed by atoms with van der Waals surface area (Å²) in [5.74, 6) is 0.529. The number of rotatable bonds is 3. The van der Waals surface area contributed by atoms with Crippen LogP contribution in [-0.4, -0.2) is 9.55 Å². The number of hydrogen-bond donors (Lipinski definition) is 1. The van der Waals surface area contributed by atoms with Gasteiger partial charge in [0.2, 0.25) is 5.95 Å². The van der Waals surface area contributed by atoms with Crippen LogP contribution >= 0.6 is 15.9 Å². The molecule has 1 aliphatic rings. The largest absolute Gasteiger partial charge is 0.325 e. The topological polar surface area (TPSA) is 29.9 Å². The average Bonchev–Trinajstić information content (AvgIpc) is 3.03.